The summed E-state index contributed by atoms with van der Waals surface area (Å²) in [6.07, 6.45) is -0.377. The van der Waals surface area contributed by atoms with E-state index in [2.05, 4.69) is 39.3 Å². The molecule has 120 valence electrons. The summed E-state index contributed by atoms with van der Waals surface area (Å²) in [4.78, 5) is 0. The number of aliphatic hydroxyl groups is 1. The molecule has 5 nitrogen and oxygen atoms in total. The average molecular weight is 323 g/mol. The Morgan fingerprint density at radius 1 is 1.05 bits per heavy atom. The van der Waals surface area contributed by atoms with Gasteiger partial charge in [0.05, 0.1) is 18.8 Å². The number of hydrogen-bond acceptors (Lipinski definition) is 5. The van der Waals surface area contributed by atoms with Crippen molar-refractivity contribution in [3.05, 3.63) is 0 Å². The molecule has 7 heteroatoms. The first-order chi connectivity index (χ1) is 9.05. The Labute approximate surface area is 124 Å². The molecule has 0 aliphatic carbocycles. The molecule has 1 heterocycles. The predicted molar refractivity (Wildman–Crippen MR) is 83.8 cm³/mol. The van der Waals surface area contributed by atoms with Gasteiger partial charge >= 0.3 is 0 Å². The molecule has 4 atom stereocenters. The molecule has 1 N–H and O–H groups in total. The standard InChI is InChI=1S/C13H30O5Si2/c1-15-12-8-10(17-19(2,3)4)13(11(9-14)16-12)18-20(5,6)7/h10-14H,8-9H2,1-7H3/t10?,11-,12-,13?/m1/s1. The molecule has 1 saturated heterocycles. The van der Waals surface area contributed by atoms with Gasteiger partial charge in [0.2, 0.25) is 0 Å². The van der Waals surface area contributed by atoms with Gasteiger partial charge in [-0.15, -0.1) is 0 Å². The minimum absolute atomic E-state index is 0.0794. The Balaban J connectivity index is 2.90. The smallest absolute Gasteiger partial charge is 0.184 e. The van der Waals surface area contributed by atoms with Crippen LogP contribution in [-0.4, -0.2) is 60.1 Å². The Morgan fingerprint density at radius 3 is 2.00 bits per heavy atom. The second-order valence-electron chi connectivity index (χ2n) is 7.22. The van der Waals surface area contributed by atoms with Crippen molar-refractivity contribution in [3.8, 4) is 0 Å². The van der Waals surface area contributed by atoms with Gasteiger partial charge in [-0.3, -0.25) is 0 Å². The fourth-order valence-corrected chi connectivity index (χ4v) is 4.58. The van der Waals surface area contributed by atoms with Gasteiger partial charge in [-0.2, -0.15) is 0 Å². The number of hydrogen-bond donors (Lipinski definition) is 1. The quantitative estimate of drug-likeness (QED) is 0.760. The highest BCUT2D eigenvalue weighted by Crippen LogP contribution is 2.29. The number of aliphatic hydroxyl groups excluding tert-OH is 1. The summed E-state index contributed by atoms with van der Waals surface area (Å²) >= 11 is 0. The van der Waals surface area contributed by atoms with Crippen LogP contribution in [0.4, 0.5) is 0 Å². The third-order valence-corrected chi connectivity index (χ3v) is 4.91. The summed E-state index contributed by atoms with van der Waals surface area (Å²) in [6.45, 7) is 12.8. The van der Waals surface area contributed by atoms with Crippen LogP contribution in [0.2, 0.25) is 39.3 Å². The van der Waals surface area contributed by atoms with E-state index in [4.69, 9.17) is 18.3 Å². The maximum Gasteiger partial charge on any atom is 0.184 e. The van der Waals surface area contributed by atoms with E-state index in [1.165, 1.54) is 0 Å². The average Bonchev–Trinajstić information content (AvgIpc) is 2.27. The topological polar surface area (TPSA) is 57.2 Å². The molecule has 2 unspecified atom stereocenters. The molecular weight excluding hydrogens is 292 g/mol. The summed E-state index contributed by atoms with van der Waals surface area (Å²) in [5.74, 6) is 0. The molecule has 0 aromatic rings. The highest BCUT2D eigenvalue weighted by atomic mass is 28.4. The lowest BCUT2D eigenvalue weighted by Crippen LogP contribution is -2.57. The molecule has 0 bridgehead atoms. The maximum atomic E-state index is 9.60. The zero-order valence-electron chi connectivity index (χ0n) is 13.8. The van der Waals surface area contributed by atoms with E-state index in [1.54, 1.807) is 7.11 Å². The van der Waals surface area contributed by atoms with Crippen LogP contribution in [0.1, 0.15) is 6.42 Å². The van der Waals surface area contributed by atoms with Crippen molar-refractivity contribution in [1.29, 1.82) is 0 Å². The van der Waals surface area contributed by atoms with E-state index in [9.17, 15) is 5.11 Å². The Morgan fingerprint density at radius 2 is 1.60 bits per heavy atom. The molecule has 0 aromatic carbocycles. The maximum absolute atomic E-state index is 9.60. The van der Waals surface area contributed by atoms with E-state index in [0.717, 1.165) is 0 Å². The first-order valence-corrected chi connectivity index (χ1v) is 14.0. The normalized spacial score (nSPS) is 32.4. The van der Waals surface area contributed by atoms with Crippen molar-refractivity contribution < 1.29 is 23.4 Å². The molecule has 20 heavy (non-hydrogen) atoms. The lowest BCUT2D eigenvalue weighted by molar-refractivity contribution is -0.242. The predicted octanol–water partition coefficient (Wildman–Crippen LogP) is 2.18. The van der Waals surface area contributed by atoms with Crippen LogP contribution in [0.3, 0.4) is 0 Å². The summed E-state index contributed by atoms with van der Waals surface area (Å²) in [7, 11) is -1.84. The number of ether oxygens (including phenoxy) is 2. The zero-order chi connectivity index (χ0) is 15.6. The van der Waals surface area contributed by atoms with Gasteiger partial charge in [0.15, 0.2) is 22.9 Å². The number of methoxy groups -OCH3 is 1. The second kappa shape index (κ2) is 7.00. The SMILES string of the molecule is CO[C@H]1CC(O[Si](C)(C)C)C(O[Si](C)(C)C)[C@@H](CO)O1. The molecule has 1 fully saturated rings. The van der Waals surface area contributed by atoms with Crippen LogP contribution in [0, 0.1) is 0 Å². The van der Waals surface area contributed by atoms with Crippen LogP contribution in [0.15, 0.2) is 0 Å². The highest BCUT2D eigenvalue weighted by Gasteiger charge is 2.43. The molecule has 0 radical (unpaired) electrons. The van der Waals surface area contributed by atoms with Crippen molar-refractivity contribution >= 4 is 16.6 Å². The van der Waals surface area contributed by atoms with Gasteiger partial charge < -0.3 is 23.4 Å². The Hall–Kier alpha value is 0.234. The van der Waals surface area contributed by atoms with Crippen LogP contribution in [0.5, 0.6) is 0 Å². The van der Waals surface area contributed by atoms with Crippen LogP contribution in [0.25, 0.3) is 0 Å². The lowest BCUT2D eigenvalue weighted by Gasteiger charge is -2.44. The summed E-state index contributed by atoms with van der Waals surface area (Å²) < 4.78 is 23.5. The van der Waals surface area contributed by atoms with E-state index in [-0.39, 0.29) is 31.2 Å². The third-order valence-electron chi connectivity index (χ3n) is 2.92. The first-order valence-electron chi connectivity index (χ1n) is 7.20. The molecule has 1 aliphatic rings. The van der Waals surface area contributed by atoms with E-state index >= 15 is 0 Å². The summed E-state index contributed by atoms with van der Waals surface area (Å²) in [6, 6.07) is 0. The van der Waals surface area contributed by atoms with E-state index in [1.807, 2.05) is 0 Å². The zero-order valence-corrected chi connectivity index (χ0v) is 15.8. The van der Waals surface area contributed by atoms with Crippen LogP contribution in [-0.2, 0) is 18.3 Å². The van der Waals surface area contributed by atoms with E-state index < -0.39 is 16.6 Å². The van der Waals surface area contributed by atoms with Crippen molar-refractivity contribution in [2.45, 2.75) is 70.3 Å². The van der Waals surface area contributed by atoms with Gasteiger partial charge in [0.1, 0.15) is 6.10 Å². The Bertz CT molecular complexity index is 300. The molecular formula is C13H30O5Si2. The molecule has 0 aromatic heterocycles. The first kappa shape index (κ1) is 18.3. The van der Waals surface area contributed by atoms with Gasteiger partial charge in [-0.1, -0.05) is 0 Å². The van der Waals surface area contributed by atoms with Crippen molar-refractivity contribution in [3.63, 3.8) is 0 Å². The summed E-state index contributed by atoms with van der Waals surface area (Å²) in [5, 5.41) is 9.60. The minimum atomic E-state index is -1.75. The largest absolute Gasteiger partial charge is 0.412 e. The van der Waals surface area contributed by atoms with Crippen molar-refractivity contribution in [2.24, 2.45) is 0 Å². The Kier molecular flexibility index (Phi) is 6.40. The molecule has 0 spiro atoms. The molecule has 0 amide bonds. The van der Waals surface area contributed by atoms with Gasteiger partial charge in [0, 0.05) is 13.5 Å². The fourth-order valence-electron chi connectivity index (χ4n) is 2.32. The molecule has 1 rings (SSSR count). The van der Waals surface area contributed by atoms with Crippen LogP contribution >= 0.6 is 0 Å². The summed E-state index contributed by atoms with van der Waals surface area (Å²) in [5.41, 5.74) is 0. The minimum Gasteiger partial charge on any atom is -0.412 e. The van der Waals surface area contributed by atoms with Crippen molar-refractivity contribution in [1.82, 2.24) is 0 Å². The van der Waals surface area contributed by atoms with Gasteiger partial charge in [0.25, 0.3) is 0 Å². The van der Waals surface area contributed by atoms with Crippen molar-refractivity contribution in [2.75, 3.05) is 13.7 Å². The number of rotatable bonds is 6. The molecule has 1 aliphatic heterocycles. The van der Waals surface area contributed by atoms with E-state index in [0.29, 0.717) is 6.42 Å². The fraction of sp³-hybridized carbons (Fsp3) is 1.00. The lowest BCUT2D eigenvalue weighted by atomic mass is 10.0. The second-order valence-corrected chi connectivity index (χ2v) is 16.1. The van der Waals surface area contributed by atoms with Gasteiger partial charge in [-0.05, 0) is 39.3 Å². The van der Waals surface area contributed by atoms with Gasteiger partial charge in [-0.25, -0.2) is 0 Å². The van der Waals surface area contributed by atoms with Crippen LogP contribution < -0.4 is 0 Å². The third kappa shape index (κ3) is 5.92. The monoisotopic (exact) mass is 322 g/mol. The molecule has 0 saturated carbocycles. The highest BCUT2D eigenvalue weighted by molar-refractivity contribution is 6.70.